The van der Waals surface area contributed by atoms with Gasteiger partial charge in [0.25, 0.3) is 0 Å². The number of amides is 1. The third kappa shape index (κ3) is 7.37. The van der Waals surface area contributed by atoms with Crippen LogP contribution in [0.1, 0.15) is 61.3 Å². The Morgan fingerprint density at radius 3 is 1.92 bits per heavy atom. The second-order valence-corrected chi connectivity index (χ2v) is 9.43. The molecule has 2 unspecified atom stereocenters. The Labute approximate surface area is 209 Å². The second-order valence-electron chi connectivity index (χ2n) is 9.43. The molecule has 0 aliphatic heterocycles. The van der Waals surface area contributed by atoms with Crippen molar-refractivity contribution in [3.8, 4) is 0 Å². The van der Waals surface area contributed by atoms with Crippen LogP contribution in [-0.2, 0) is 42.7 Å². The Balaban J connectivity index is 2.16. The molecule has 0 aromatic carbocycles. The lowest BCUT2D eigenvalue weighted by atomic mass is 9.90. The molecule has 2 aliphatic carbocycles. The molecule has 1 N–H and O–H groups in total. The van der Waals surface area contributed by atoms with E-state index in [1.54, 1.807) is 34.6 Å². The summed E-state index contributed by atoms with van der Waals surface area (Å²) in [6.07, 6.45) is -4.89. The molecule has 2 fully saturated rings. The lowest BCUT2D eigenvalue weighted by Gasteiger charge is -2.32. The van der Waals surface area contributed by atoms with Crippen molar-refractivity contribution in [1.29, 1.82) is 0 Å². The van der Waals surface area contributed by atoms with Gasteiger partial charge in [-0.05, 0) is 53.4 Å². The van der Waals surface area contributed by atoms with E-state index < -0.39 is 65.9 Å². The summed E-state index contributed by atoms with van der Waals surface area (Å²) in [5, 5.41) is 2.59. The van der Waals surface area contributed by atoms with Gasteiger partial charge < -0.3 is 38.5 Å². The van der Waals surface area contributed by atoms with Crippen LogP contribution in [0.15, 0.2) is 0 Å². The summed E-state index contributed by atoms with van der Waals surface area (Å²) in [6.45, 7) is 11.0. The highest BCUT2D eigenvalue weighted by atomic mass is 16.8. The SMILES string of the molecule is CCOC(=O)OC(C)OC(=O)[C@H]1[C@@H]2CC[C@@](NC(=O)OC(C)(C)C)(C(=O)OC(C)OC(=O)OCC)[C@@H]21. The Morgan fingerprint density at radius 1 is 0.889 bits per heavy atom. The van der Waals surface area contributed by atoms with E-state index in [0.717, 1.165) is 0 Å². The van der Waals surface area contributed by atoms with Crippen molar-refractivity contribution in [3.63, 3.8) is 0 Å². The number of hydrogen-bond acceptors (Lipinski definition) is 12. The van der Waals surface area contributed by atoms with Crippen LogP contribution < -0.4 is 5.32 Å². The molecule has 0 aromatic rings. The van der Waals surface area contributed by atoms with E-state index in [2.05, 4.69) is 14.8 Å². The van der Waals surface area contributed by atoms with E-state index in [4.69, 9.17) is 23.7 Å². The zero-order chi connectivity index (χ0) is 27.3. The average molecular weight is 518 g/mol. The summed E-state index contributed by atoms with van der Waals surface area (Å²) in [6, 6.07) is 0. The number of hydrogen-bond donors (Lipinski definition) is 1. The van der Waals surface area contributed by atoms with E-state index in [1.807, 2.05) is 0 Å². The monoisotopic (exact) mass is 517 g/mol. The highest BCUT2D eigenvalue weighted by Crippen LogP contribution is 2.63. The first-order chi connectivity index (χ1) is 16.7. The number of fused-ring (bicyclic) bond motifs is 1. The Hall–Kier alpha value is -3.25. The summed E-state index contributed by atoms with van der Waals surface area (Å²) in [7, 11) is 0. The number of nitrogens with one attached hydrogen (secondary N) is 1. The van der Waals surface area contributed by atoms with E-state index >= 15 is 0 Å². The first-order valence-corrected chi connectivity index (χ1v) is 11.8. The largest absolute Gasteiger partial charge is 0.511 e. The molecule has 36 heavy (non-hydrogen) atoms. The molecular weight excluding hydrogens is 482 g/mol. The molecule has 0 heterocycles. The number of alkyl carbamates (subject to hydrolysis) is 1. The summed E-state index contributed by atoms with van der Waals surface area (Å²) < 4.78 is 34.9. The maximum absolute atomic E-state index is 13.3. The van der Waals surface area contributed by atoms with E-state index in [0.29, 0.717) is 6.42 Å². The van der Waals surface area contributed by atoms with Gasteiger partial charge in [0.1, 0.15) is 11.1 Å². The van der Waals surface area contributed by atoms with Gasteiger partial charge in [0.15, 0.2) is 0 Å². The smallest absolute Gasteiger partial charge is 0.444 e. The number of ether oxygens (including phenoxy) is 7. The van der Waals surface area contributed by atoms with Crippen LogP contribution in [0.3, 0.4) is 0 Å². The molecule has 13 nitrogen and oxygen atoms in total. The summed E-state index contributed by atoms with van der Waals surface area (Å²) >= 11 is 0. The van der Waals surface area contributed by atoms with Crippen molar-refractivity contribution in [3.05, 3.63) is 0 Å². The van der Waals surface area contributed by atoms with Gasteiger partial charge in [0, 0.05) is 19.8 Å². The van der Waals surface area contributed by atoms with Crippen molar-refractivity contribution < 1.29 is 57.1 Å². The number of carbonyl (C=O) groups excluding carboxylic acids is 5. The van der Waals surface area contributed by atoms with Gasteiger partial charge in [0.05, 0.1) is 19.1 Å². The minimum Gasteiger partial charge on any atom is -0.444 e. The van der Waals surface area contributed by atoms with Crippen molar-refractivity contribution in [2.75, 3.05) is 13.2 Å². The van der Waals surface area contributed by atoms with Crippen LogP contribution in [0.4, 0.5) is 14.4 Å². The van der Waals surface area contributed by atoms with Gasteiger partial charge in [-0.15, -0.1) is 0 Å². The Kier molecular flexibility index (Phi) is 9.38. The molecule has 2 saturated carbocycles. The fourth-order valence-corrected chi connectivity index (χ4v) is 4.33. The van der Waals surface area contributed by atoms with Gasteiger partial charge in [-0.3, -0.25) is 4.79 Å². The maximum atomic E-state index is 13.3. The van der Waals surface area contributed by atoms with Crippen LogP contribution in [-0.4, -0.2) is 67.3 Å². The van der Waals surface area contributed by atoms with E-state index in [9.17, 15) is 24.0 Å². The van der Waals surface area contributed by atoms with Crippen molar-refractivity contribution in [2.24, 2.45) is 17.8 Å². The van der Waals surface area contributed by atoms with E-state index in [1.165, 1.54) is 13.8 Å². The third-order valence-corrected chi connectivity index (χ3v) is 5.57. The molecule has 204 valence electrons. The minimum atomic E-state index is -1.63. The minimum absolute atomic E-state index is 0.0650. The quantitative estimate of drug-likeness (QED) is 0.271. The fraction of sp³-hybridized carbons (Fsp3) is 0.783. The Morgan fingerprint density at radius 2 is 1.42 bits per heavy atom. The predicted molar refractivity (Wildman–Crippen MR) is 119 cm³/mol. The zero-order valence-corrected chi connectivity index (χ0v) is 21.6. The van der Waals surface area contributed by atoms with Crippen LogP contribution in [0, 0.1) is 17.8 Å². The van der Waals surface area contributed by atoms with Crippen LogP contribution in [0.5, 0.6) is 0 Å². The second kappa shape index (κ2) is 11.7. The molecule has 2 rings (SSSR count). The molecule has 13 heteroatoms. The van der Waals surface area contributed by atoms with Crippen LogP contribution in [0.2, 0.25) is 0 Å². The maximum Gasteiger partial charge on any atom is 0.511 e. The molecule has 0 saturated heterocycles. The molecule has 0 radical (unpaired) electrons. The highest BCUT2D eigenvalue weighted by molar-refractivity contribution is 5.90. The standard InChI is InChI=1S/C23H35NO12/c1-8-30-20(28)34-12(3)32-17(25)15-14-10-11-23(16(14)15,24-19(27)36-22(5,6)7)18(26)33-13(4)35-21(29)31-9-2/h12-16H,8-11H2,1-7H3,(H,24,27)/t12?,13?,14-,15-,16-,23-/m0/s1. The Bertz CT molecular complexity index is 853. The zero-order valence-electron chi connectivity index (χ0n) is 21.6. The topological polar surface area (TPSA) is 162 Å². The van der Waals surface area contributed by atoms with Crippen LogP contribution >= 0.6 is 0 Å². The molecule has 0 spiro atoms. The summed E-state index contributed by atoms with van der Waals surface area (Å²) in [5.74, 6) is -3.34. The summed E-state index contributed by atoms with van der Waals surface area (Å²) in [4.78, 5) is 61.8. The predicted octanol–water partition coefficient (Wildman–Crippen LogP) is 3.03. The van der Waals surface area contributed by atoms with Crippen molar-refractivity contribution in [1.82, 2.24) is 5.32 Å². The number of rotatable bonds is 9. The first-order valence-electron chi connectivity index (χ1n) is 11.8. The fourth-order valence-electron chi connectivity index (χ4n) is 4.33. The van der Waals surface area contributed by atoms with E-state index in [-0.39, 0.29) is 25.6 Å². The molecule has 2 aliphatic rings. The lowest BCUT2D eigenvalue weighted by Crippen LogP contribution is -2.58. The molecule has 6 atom stereocenters. The van der Waals surface area contributed by atoms with Gasteiger partial charge in [-0.25, -0.2) is 19.2 Å². The third-order valence-electron chi connectivity index (χ3n) is 5.57. The molecule has 1 amide bonds. The van der Waals surface area contributed by atoms with Gasteiger partial charge >= 0.3 is 30.3 Å². The highest BCUT2D eigenvalue weighted by Gasteiger charge is 2.73. The van der Waals surface area contributed by atoms with Crippen molar-refractivity contribution >= 4 is 30.3 Å². The summed E-state index contributed by atoms with van der Waals surface area (Å²) in [5.41, 5.74) is -2.48. The first kappa shape index (κ1) is 29.0. The van der Waals surface area contributed by atoms with Gasteiger partial charge in [-0.2, -0.15) is 0 Å². The van der Waals surface area contributed by atoms with Gasteiger partial charge in [-0.1, -0.05) is 0 Å². The molecular formula is C23H35NO12. The van der Waals surface area contributed by atoms with Gasteiger partial charge in [0.2, 0.25) is 12.6 Å². The number of esters is 2. The molecule has 0 aromatic heterocycles. The van der Waals surface area contributed by atoms with Crippen molar-refractivity contribution in [2.45, 2.75) is 85.0 Å². The lowest BCUT2D eigenvalue weighted by molar-refractivity contribution is -0.177. The van der Waals surface area contributed by atoms with Crippen LogP contribution in [0.25, 0.3) is 0 Å². The average Bonchev–Trinajstić information content (AvgIpc) is 3.34. The number of carbonyl (C=O) groups is 5. The molecule has 0 bridgehead atoms. The normalized spacial score (nSPS) is 25.8.